The van der Waals surface area contributed by atoms with Gasteiger partial charge < -0.3 is 26.2 Å². The molecule has 1 aromatic rings. The normalized spacial score (nSPS) is 13.8. The van der Waals surface area contributed by atoms with E-state index in [0.717, 1.165) is 0 Å². The molecule has 0 spiro atoms. The van der Waals surface area contributed by atoms with E-state index in [-0.39, 0.29) is 29.9 Å². The fourth-order valence-electron chi connectivity index (χ4n) is 3.26. The number of hydrogen-bond acceptors (Lipinski definition) is 5. The van der Waals surface area contributed by atoms with Crippen molar-refractivity contribution in [2.75, 3.05) is 0 Å². The summed E-state index contributed by atoms with van der Waals surface area (Å²) in [6.07, 6.45) is 0.725. The number of carboxylic acids is 1. The molecule has 5 N–H and O–H groups in total. The summed E-state index contributed by atoms with van der Waals surface area (Å²) >= 11 is 0. The fraction of sp³-hybridized carbons (Fsp3) is 0.565. The average molecular weight is 450 g/mol. The molecule has 178 valence electrons. The van der Waals surface area contributed by atoms with E-state index in [2.05, 4.69) is 16.0 Å². The topological polar surface area (TPSA) is 145 Å². The van der Waals surface area contributed by atoms with Crippen molar-refractivity contribution in [3.63, 3.8) is 0 Å². The number of aromatic hydroxyl groups is 1. The lowest BCUT2D eigenvalue weighted by molar-refractivity contribution is -0.142. The number of phenols is 1. The molecule has 0 saturated carbocycles. The van der Waals surface area contributed by atoms with Gasteiger partial charge in [-0.05, 0) is 42.4 Å². The van der Waals surface area contributed by atoms with Gasteiger partial charge in [-0.15, -0.1) is 0 Å². The molecule has 0 saturated heterocycles. The molecule has 0 aliphatic heterocycles. The predicted octanol–water partition coefficient (Wildman–Crippen LogP) is 1.59. The van der Waals surface area contributed by atoms with Gasteiger partial charge >= 0.3 is 5.97 Å². The first-order valence-electron chi connectivity index (χ1n) is 10.8. The number of benzene rings is 1. The third-order valence-corrected chi connectivity index (χ3v) is 4.73. The third kappa shape index (κ3) is 9.80. The zero-order valence-corrected chi connectivity index (χ0v) is 19.3. The molecule has 0 aliphatic rings. The lowest BCUT2D eigenvalue weighted by Gasteiger charge is -2.26. The predicted molar refractivity (Wildman–Crippen MR) is 120 cm³/mol. The Labute approximate surface area is 189 Å². The Hall–Kier alpha value is -3.10. The molecule has 0 aromatic heterocycles. The molecule has 0 bridgehead atoms. The van der Waals surface area contributed by atoms with E-state index in [4.69, 9.17) is 0 Å². The van der Waals surface area contributed by atoms with Crippen LogP contribution < -0.4 is 16.0 Å². The van der Waals surface area contributed by atoms with Crippen LogP contribution in [0, 0.1) is 11.8 Å². The molecule has 0 heterocycles. The zero-order chi connectivity index (χ0) is 24.4. The highest BCUT2D eigenvalue weighted by Gasteiger charge is 2.30. The Morgan fingerprint density at radius 3 is 1.62 bits per heavy atom. The number of amides is 3. The number of carboxylic acid groups (broad SMARTS) is 1. The van der Waals surface area contributed by atoms with E-state index in [9.17, 15) is 29.4 Å². The Morgan fingerprint density at radius 1 is 0.781 bits per heavy atom. The lowest BCUT2D eigenvalue weighted by Crippen LogP contribution is -2.56. The van der Waals surface area contributed by atoms with Crippen molar-refractivity contribution in [3.8, 4) is 5.75 Å². The Morgan fingerprint density at radius 2 is 1.22 bits per heavy atom. The van der Waals surface area contributed by atoms with Crippen molar-refractivity contribution >= 4 is 23.7 Å². The number of carbonyl (C=O) groups is 4. The molecule has 3 unspecified atom stereocenters. The summed E-state index contributed by atoms with van der Waals surface area (Å²) in [7, 11) is 0. The van der Waals surface area contributed by atoms with Gasteiger partial charge in [0.1, 0.15) is 23.9 Å². The van der Waals surface area contributed by atoms with Gasteiger partial charge in [0.25, 0.3) is 0 Å². The summed E-state index contributed by atoms with van der Waals surface area (Å²) < 4.78 is 0. The van der Waals surface area contributed by atoms with Crippen molar-refractivity contribution in [2.24, 2.45) is 11.8 Å². The second kappa shape index (κ2) is 12.7. The quantitative estimate of drug-likeness (QED) is 0.328. The van der Waals surface area contributed by atoms with Crippen molar-refractivity contribution in [1.82, 2.24) is 16.0 Å². The first-order valence-corrected chi connectivity index (χ1v) is 10.8. The molecule has 0 radical (unpaired) electrons. The minimum Gasteiger partial charge on any atom is -0.508 e. The molecule has 0 aliphatic carbocycles. The molecule has 1 aromatic carbocycles. The largest absolute Gasteiger partial charge is 0.508 e. The van der Waals surface area contributed by atoms with Crippen LogP contribution in [0.2, 0.25) is 0 Å². The lowest BCUT2D eigenvalue weighted by atomic mass is 9.99. The number of hydrogen-bond donors (Lipinski definition) is 5. The van der Waals surface area contributed by atoms with Crippen molar-refractivity contribution in [2.45, 2.75) is 72.0 Å². The average Bonchev–Trinajstić information content (AvgIpc) is 2.66. The number of carbonyl (C=O) groups excluding carboxylic acids is 3. The molecule has 9 nitrogen and oxygen atoms in total. The third-order valence-electron chi connectivity index (χ3n) is 4.73. The number of phenolic OH excluding ortho intramolecular Hbond substituents is 1. The van der Waals surface area contributed by atoms with Gasteiger partial charge in [0.2, 0.25) is 17.7 Å². The highest BCUT2D eigenvalue weighted by molar-refractivity contribution is 5.93. The van der Waals surface area contributed by atoms with E-state index in [1.54, 1.807) is 12.1 Å². The van der Waals surface area contributed by atoms with E-state index in [0.29, 0.717) is 18.4 Å². The minimum absolute atomic E-state index is 0.0194. The van der Waals surface area contributed by atoms with Crippen molar-refractivity contribution in [1.29, 1.82) is 0 Å². The fourth-order valence-corrected chi connectivity index (χ4v) is 3.26. The van der Waals surface area contributed by atoms with E-state index in [1.165, 1.54) is 19.1 Å². The van der Waals surface area contributed by atoms with Crippen LogP contribution in [0.3, 0.4) is 0 Å². The van der Waals surface area contributed by atoms with Crippen LogP contribution in [0.15, 0.2) is 24.3 Å². The molecular formula is C23H35N3O6. The second-order valence-electron chi connectivity index (χ2n) is 8.84. The molecule has 0 fully saturated rings. The van der Waals surface area contributed by atoms with Crippen molar-refractivity contribution in [3.05, 3.63) is 29.8 Å². The Bertz CT molecular complexity index is 791. The standard InChI is InChI=1S/C23H35N3O6/c1-13(2)10-18(24-15(5)27)21(29)25-19(11-14(3)4)22(30)26-20(23(31)32)12-16-6-8-17(28)9-7-16/h6-9,13-14,18-20,28H,10-12H2,1-5H3,(H,24,27)(H,25,29)(H,26,30)(H,31,32). The molecule has 1 rings (SSSR count). The Kier molecular flexibility index (Phi) is 10.7. The second-order valence-corrected chi connectivity index (χ2v) is 8.84. The zero-order valence-electron chi connectivity index (χ0n) is 19.3. The van der Waals surface area contributed by atoms with Gasteiger partial charge in [0.15, 0.2) is 0 Å². The van der Waals surface area contributed by atoms with Crippen LogP contribution >= 0.6 is 0 Å². The number of nitrogens with one attached hydrogen (secondary N) is 3. The van der Waals surface area contributed by atoms with Gasteiger partial charge in [-0.2, -0.15) is 0 Å². The van der Waals surface area contributed by atoms with E-state index < -0.39 is 35.9 Å². The molecule has 3 amide bonds. The number of rotatable bonds is 12. The summed E-state index contributed by atoms with van der Waals surface area (Å²) in [6, 6.07) is 3.09. The monoisotopic (exact) mass is 449 g/mol. The number of aliphatic carboxylic acids is 1. The SMILES string of the molecule is CC(=O)NC(CC(C)C)C(=O)NC(CC(C)C)C(=O)NC(Cc1ccc(O)cc1)C(=O)O. The van der Waals surface area contributed by atoms with Crippen LogP contribution in [0.5, 0.6) is 5.75 Å². The summed E-state index contributed by atoms with van der Waals surface area (Å²) in [6.45, 7) is 8.93. The van der Waals surface area contributed by atoms with Crippen LogP contribution in [-0.2, 0) is 25.6 Å². The Balaban J connectivity index is 2.96. The molecule has 9 heteroatoms. The first-order chi connectivity index (χ1) is 14.9. The highest BCUT2D eigenvalue weighted by atomic mass is 16.4. The van der Waals surface area contributed by atoms with Gasteiger partial charge in [-0.1, -0.05) is 39.8 Å². The first kappa shape index (κ1) is 26.9. The van der Waals surface area contributed by atoms with Gasteiger partial charge in [-0.25, -0.2) is 4.79 Å². The van der Waals surface area contributed by atoms with Crippen molar-refractivity contribution < 1.29 is 29.4 Å². The highest BCUT2D eigenvalue weighted by Crippen LogP contribution is 2.13. The molecule has 32 heavy (non-hydrogen) atoms. The van der Waals surface area contributed by atoms with Gasteiger partial charge in [0.05, 0.1) is 0 Å². The van der Waals surface area contributed by atoms with Gasteiger partial charge in [0, 0.05) is 13.3 Å². The maximum atomic E-state index is 12.9. The summed E-state index contributed by atoms with van der Waals surface area (Å²) in [5.41, 5.74) is 0.627. The van der Waals surface area contributed by atoms with Gasteiger partial charge in [-0.3, -0.25) is 14.4 Å². The van der Waals surface area contributed by atoms with Crippen LogP contribution in [0.1, 0.15) is 53.0 Å². The molecule has 3 atom stereocenters. The van der Waals surface area contributed by atoms with E-state index >= 15 is 0 Å². The minimum atomic E-state index is -1.21. The maximum absolute atomic E-state index is 12.9. The van der Waals surface area contributed by atoms with Crippen LogP contribution in [-0.4, -0.2) is 52.0 Å². The smallest absolute Gasteiger partial charge is 0.326 e. The molecular weight excluding hydrogens is 414 g/mol. The summed E-state index contributed by atoms with van der Waals surface area (Å²) in [5.74, 6) is -2.41. The summed E-state index contributed by atoms with van der Waals surface area (Å²) in [4.78, 5) is 49.0. The summed E-state index contributed by atoms with van der Waals surface area (Å²) in [5, 5.41) is 26.8. The van der Waals surface area contributed by atoms with Crippen LogP contribution in [0.25, 0.3) is 0 Å². The maximum Gasteiger partial charge on any atom is 0.326 e. The van der Waals surface area contributed by atoms with E-state index in [1.807, 2.05) is 27.7 Å². The van der Waals surface area contributed by atoms with Crippen LogP contribution in [0.4, 0.5) is 0 Å².